The van der Waals surface area contributed by atoms with Crippen LogP contribution in [0.25, 0.3) is 0 Å². The van der Waals surface area contributed by atoms with Crippen LogP contribution < -0.4 is 5.32 Å². The van der Waals surface area contributed by atoms with Gasteiger partial charge < -0.3 is 20.0 Å². The van der Waals surface area contributed by atoms with E-state index in [1.165, 1.54) is 28.0 Å². The summed E-state index contributed by atoms with van der Waals surface area (Å²) >= 11 is 0. The standard InChI is InChI=1S/C22H23FN4O3/c1-25-18(12-15-6-3-2-4-7-15)21(29)27-11-10-26(14-19(27)20(25)28)22(30)24-17-9-5-8-16(23)13-17/h2-9,13,18-19H,10-12,14H2,1H3,(H,24,30)/t18-,19+/m0/s1. The van der Waals surface area contributed by atoms with Crippen LogP contribution in [0.5, 0.6) is 0 Å². The Balaban J connectivity index is 1.45. The summed E-state index contributed by atoms with van der Waals surface area (Å²) in [6, 6.07) is 13.5. The van der Waals surface area contributed by atoms with Gasteiger partial charge >= 0.3 is 6.03 Å². The predicted molar refractivity (Wildman–Crippen MR) is 109 cm³/mol. The molecular formula is C22H23FN4O3. The van der Waals surface area contributed by atoms with E-state index in [9.17, 15) is 18.8 Å². The summed E-state index contributed by atoms with van der Waals surface area (Å²) in [7, 11) is 1.64. The van der Waals surface area contributed by atoms with E-state index in [0.29, 0.717) is 18.7 Å². The smallest absolute Gasteiger partial charge is 0.321 e. The van der Waals surface area contributed by atoms with E-state index < -0.39 is 23.9 Å². The van der Waals surface area contributed by atoms with Crippen molar-refractivity contribution in [1.82, 2.24) is 14.7 Å². The molecule has 0 aliphatic carbocycles. The maximum atomic E-state index is 13.4. The lowest BCUT2D eigenvalue weighted by Gasteiger charge is -2.48. The first-order valence-corrected chi connectivity index (χ1v) is 9.86. The molecule has 2 aliphatic rings. The number of nitrogens with zero attached hydrogens (tertiary/aromatic N) is 3. The predicted octanol–water partition coefficient (Wildman–Crippen LogP) is 1.95. The van der Waals surface area contributed by atoms with E-state index in [2.05, 4.69) is 5.32 Å². The molecule has 0 spiro atoms. The first-order valence-electron chi connectivity index (χ1n) is 9.86. The number of urea groups is 1. The molecule has 2 aliphatic heterocycles. The summed E-state index contributed by atoms with van der Waals surface area (Å²) in [4.78, 5) is 43.3. The Bertz CT molecular complexity index is 968. The fraction of sp³-hybridized carbons (Fsp3) is 0.318. The Kier molecular flexibility index (Phi) is 5.39. The largest absolute Gasteiger partial charge is 0.332 e. The molecule has 156 valence electrons. The molecule has 2 fully saturated rings. The highest BCUT2D eigenvalue weighted by molar-refractivity contribution is 5.98. The molecule has 2 atom stereocenters. The Morgan fingerprint density at radius 1 is 1.07 bits per heavy atom. The number of benzene rings is 2. The molecule has 0 bridgehead atoms. The van der Waals surface area contributed by atoms with Crippen molar-refractivity contribution in [3.8, 4) is 0 Å². The van der Waals surface area contributed by atoms with Gasteiger partial charge in [0.2, 0.25) is 11.8 Å². The van der Waals surface area contributed by atoms with Crippen molar-refractivity contribution < 1.29 is 18.8 Å². The van der Waals surface area contributed by atoms with Gasteiger partial charge in [-0.2, -0.15) is 0 Å². The Hall–Kier alpha value is -3.42. The van der Waals surface area contributed by atoms with Gasteiger partial charge in [0.05, 0.1) is 6.54 Å². The zero-order valence-corrected chi connectivity index (χ0v) is 16.6. The first-order chi connectivity index (χ1) is 14.4. The van der Waals surface area contributed by atoms with Crippen molar-refractivity contribution in [3.63, 3.8) is 0 Å². The summed E-state index contributed by atoms with van der Waals surface area (Å²) in [6.45, 7) is 0.692. The molecule has 2 saturated heterocycles. The lowest BCUT2D eigenvalue weighted by molar-refractivity contribution is -0.162. The van der Waals surface area contributed by atoms with Crippen LogP contribution in [0.1, 0.15) is 5.56 Å². The quantitative estimate of drug-likeness (QED) is 0.841. The van der Waals surface area contributed by atoms with Crippen LogP contribution in [-0.2, 0) is 16.0 Å². The average Bonchev–Trinajstić information content (AvgIpc) is 2.75. The molecule has 7 nitrogen and oxygen atoms in total. The summed E-state index contributed by atoms with van der Waals surface area (Å²) in [6.07, 6.45) is 0.453. The number of hydrogen-bond acceptors (Lipinski definition) is 3. The minimum Gasteiger partial charge on any atom is -0.332 e. The number of piperazine rings is 2. The van der Waals surface area contributed by atoms with Crippen molar-refractivity contribution in [1.29, 1.82) is 0 Å². The molecule has 4 amide bonds. The van der Waals surface area contributed by atoms with E-state index in [1.54, 1.807) is 18.0 Å². The highest BCUT2D eigenvalue weighted by Crippen LogP contribution is 2.24. The molecule has 0 unspecified atom stereocenters. The second-order valence-electron chi connectivity index (χ2n) is 7.59. The van der Waals surface area contributed by atoms with Crippen LogP contribution in [0.2, 0.25) is 0 Å². The summed E-state index contributed by atoms with van der Waals surface area (Å²) in [5, 5.41) is 2.65. The Labute approximate surface area is 174 Å². The van der Waals surface area contributed by atoms with E-state index in [0.717, 1.165) is 5.56 Å². The zero-order valence-electron chi connectivity index (χ0n) is 16.6. The van der Waals surface area contributed by atoms with Crippen LogP contribution in [0.15, 0.2) is 54.6 Å². The van der Waals surface area contributed by atoms with Gasteiger partial charge in [0.25, 0.3) is 0 Å². The maximum absolute atomic E-state index is 13.4. The number of likely N-dealkylation sites (N-methyl/N-ethyl adjacent to an activating group) is 1. The molecule has 2 aromatic rings. The van der Waals surface area contributed by atoms with Crippen LogP contribution in [0.4, 0.5) is 14.9 Å². The van der Waals surface area contributed by atoms with E-state index in [-0.39, 0.29) is 24.9 Å². The second kappa shape index (κ2) is 8.14. The molecule has 8 heteroatoms. The van der Waals surface area contributed by atoms with Crippen molar-refractivity contribution in [2.24, 2.45) is 0 Å². The van der Waals surface area contributed by atoms with Gasteiger partial charge in [-0.3, -0.25) is 9.59 Å². The molecule has 4 rings (SSSR count). The number of fused-ring (bicyclic) bond motifs is 1. The van der Waals surface area contributed by atoms with E-state index in [1.807, 2.05) is 30.3 Å². The van der Waals surface area contributed by atoms with Crippen molar-refractivity contribution in [2.45, 2.75) is 18.5 Å². The van der Waals surface area contributed by atoms with E-state index in [4.69, 9.17) is 0 Å². The monoisotopic (exact) mass is 410 g/mol. The van der Waals surface area contributed by atoms with Gasteiger partial charge in [-0.15, -0.1) is 0 Å². The third-order valence-electron chi connectivity index (χ3n) is 5.68. The zero-order chi connectivity index (χ0) is 21.3. The number of carbonyl (C=O) groups is 3. The average molecular weight is 410 g/mol. The minimum atomic E-state index is -0.707. The van der Waals surface area contributed by atoms with Crippen molar-refractivity contribution in [2.75, 3.05) is 32.0 Å². The molecule has 0 aromatic heterocycles. The summed E-state index contributed by atoms with van der Waals surface area (Å²) in [5.74, 6) is -0.730. The van der Waals surface area contributed by atoms with Crippen LogP contribution in [0, 0.1) is 5.82 Å². The third-order valence-corrected chi connectivity index (χ3v) is 5.68. The van der Waals surface area contributed by atoms with Crippen molar-refractivity contribution in [3.05, 3.63) is 66.0 Å². The molecule has 2 aromatic carbocycles. The normalized spacial score (nSPS) is 21.5. The number of anilines is 1. The lowest BCUT2D eigenvalue weighted by atomic mass is 9.97. The highest BCUT2D eigenvalue weighted by Gasteiger charge is 2.47. The number of rotatable bonds is 3. The van der Waals surface area contributed by atoms with Gasteiger partial charge in [0, 0.05) is 32.2 Å². The van der Waals surface area contributed by atoms with Gasteiger partial charge in [-0.1, -0.05) is 36.4 Å². The number of nitrogens with one attached hydrogen (secondary N) is 1. The molecule has 0 radical (unpaired) electrons. The number of hydrogen-bond donors (Lipinski definition) is 1. The fourth-order valence-electron chi connectivity index (χ4n) is 4.02. The molecule has 1 N–H and O–H groups in total. The van der Waals surface area contributed by atoms with Gasteiger partial charge in [-0.05, 0) is 23.8 Å². The highest BCUT2D eigenvalue weighted by atomic mass is 19.1. The topological polar surface area (TPSA) is 73.0 Å². The number of halogens is 1. The van der Waals surface area contributed by atoms with Crippen molar-refractivity contribution >= 4 is 23.5 Å². The minimum absolute atomic E-state index is 0.101. The van der Waals surface area contributed by atoms with Gasteiger partial charge in [-0.25, -0.2) is 9.18 Å². The first kappa shape index (κ1) is 19.9. The Morgan fingerprint density at radius 2 is 1.83 bits per heavy atom. The summed E-state index contributed by atoms with van der Waals surface area (Å²) in [5.41, 5.74) is 1.33. The van der Waals surface area contributed by atoms with Crippen LogP contribution >= 0.6 is 0 Å². The SMILES string of the molecule is CN1C(=O)[C@H]2CN(C(=O)Nc3cccc(F)c3)CCN2C(=O)[C@@H]1Cc1ccccc1. The molecular weight excluding hydrogens is 387 g/mol. The number of amides is 4. The lowest BCUT2D eigenvalue weighted by Crippen LogP contribution is -2.70. The third kappa shape index (κ3) is 3.85. The molecule has 0 saturated carbocycles. The maximum Gasteiger partial charge on any atom is 0.321 e. The fourth-order valence-corrected chi connectivity index (χ4v) is 4.02. The second-order valence-corrected chi connectivity index (χ2v) is 7.59. The molecule has 30 heavy (non-hydrogen) atoms. The van der Waals surface area contributed by atoms with Crippen LogP contribution in [0.3, 0.4) is 0 Å². The Morgan fingerprint density at radius 3 is 2.57 bits per heavy atom. The summed E-state index contributed by atoms with van der Waals surface area (Å²) < 4.78 is 13.4. The number of carbonyl (C=O) groups excluding carboxylic acids is 3. The molecule has 2 heterocycles. The van der Waals surface area contributed by atoms with E-state index >= 15 is 0 Å². The van der Waals surface area contributed by atoms with Gasteiger partial charge in [0.1, 0.15) is 17.9 Å². The van der Waals surface area contributed by atoms with Gasteiger partial charge in [0.15, 0.2) is 0 Å². The van der Waals surface area contributed by atoms with Crippen LogP contribution in [-0.4, -0.2) is 71.3 Å².